The molecule has 0 unspecified atom stereocenters. The van der Waals surface area contributed by atoms with Crippen LogP contribution in [0.25, 0.3) is 32.7 Å². The summed E-state index contributed by atoms with van der Waals surface area (Å²) < 4.78 is 0. The fourth-order valence-corrected chi connectivity index (χ4v) is 4.89. The molecule has 2 nitrogen and oxygen atoms in total. The van der Waals surface area contributed by atoms with Crippen molar-refractivity contribution in [3.63, 3.8) is 0 Å². The highest BCUT2D eigenvalue weighted by atomic mass is 15.1. The van der Waals surface area contributed by atoms with Crippen LogP contribution < -0.4 is 10.6 Å². The van der Waals surface area contributed by atoms with Gasteiger partial charge in [-0.25, -0.2) is 0 Å². The van der Waals surface area contributed by atoms with Crippen LogP contribution in [0.2, 0.25) is 0 Å². The third kappa shape index (κ3) is 5.34. The molecule has 6 aromatic carbocycles. The minimum Gasteiger partial charge on any atom is -0.398 e. The Morgan fingerprint density at radius 1 is 0.541 bits per heavy atom. The fourth-order valence-electron chi connectivity index (χ4n) is 4.89. The number of nitrogens with zero attached hydrogens (tertiary/aromatic N) is 1. The molecule has 0 aromatic heterocycles. The van der Waals surface area contributed by atoms with Gasteiger partial charge in [-0.05, 0) is 46.2 Å². The first kappa shape index (κ1) is 24.1. The molecule has 6 aromatic rings. The lowest BCUT2D eigenvalue weighted by Crippen LogP contribution is -2.17. The van der Waals surface area contributed by atoms with E-state index in [-0.39, 0.29) is 0 Å². The largest absolute Gasteiger partial charge is 0.398 e. The molecule has 6 rings (SSSR count). The van der Waals surface area contributed by atoms with Crippen LogP contribution in [0, 0.1) is 6.92 Å². The van der Waals surface area contributed by atoms with E-state index < -0.39 is 0 Å². The van der Waals surface area contributed by atoms with Gasteiger partial charge in [-0.1, -0.05) is 127 Å². The minimum atomic E-state index is 0.805. The Morgan fingerprint density at radius 2 is 1.05 bits per heavy atom. The Labute approximate surface area is 219 Å². The molecule has 2 heteroatoms. The van der Waals surface area contributed by atoms with E-state index >= 15 is 0 Å². The van der Waals surface area contributed by atoms with Gasteiger partial charge in [-0.3, -0.25) is 0 Å². The third-order valence-electron chi connectivity index (χ3n) is 6.73. The molecule has 0 radical (unpaired) electrons. The third-order valence-corrected chi connectivity index (χ3v) is 6.73. The van der Waals surface area contributed by atoms with Crippen LogP contribution in [0.15, 0.2) is 133 Å². The van der Waals surface area contributed by atoms with Crippen molar-refractivity contribution >= 4 is 32.9 Å². The molecule has 0 atom stereocenters. The Morgan fingerprint density at radius 3 is 1.65 bits per heavy atom. The van der Waals surface area contributed by atoms with E-state index in [0.29, 0.717) is 0 Å². The van der Waals surface area contributed by atoms with Crippen molar-refractivity contribution in [2.75, 3.05) is 17.7 Å². The second-order valence-electron chi connectivity index (χ2n) is 9.43. The lowest BCUT2D eigenvalue weighted by Gasteiger charge is -2.25. The Balaban J connectivity index is 0.000000348. The first-order chi connectivity index (χ1) is 18.1. The average molecular weight is 481 g/mol. The number of hydrogen-bond acceptors (Lipinski definition) is 2. The van der Waals surface area contributed by atoms with E-state index in [0.717, 1.165) is 17.8 Å². The first-order valence-electron chi connectivity index (χ1n) is 12.7. The van der Waals surface area contributed by atoms with E-state index in [9.17, 15) is 0 Å². The van der Waals surface area contributed by atoms with E-state index in [1.54, 1.807) is 0 Å². The van der Waals surface area contributed by atoms with Gasteiger partial charge in [0.05, 0.1) is 0 Å². The lowest BCUT2D eigenvalue weighted by molar-refractivity contribution is 0.925. The lowest BCUT2D eigenvalue weighted by atomic mass is 9.90. The standard InChI is InChI=1S/C28H24N2.C7H8/c1-30(19-20-9-3-2-4-10-20)26-18-16-22-12-6-8-14-24(22)28(26)27-23-13-7-5-11-21(23)15-17-25(27)29;1-7-5-3-2-4-6-7/h2-18H,19,29H2,1H3;2-6H,1H3. The monoisotopic (exact) mass is 480 g/mol. The molecule has 0 fully saturated rings. The highest BCUT2D eigenvalue weighted by molar-refractivity contribution is 6.13. The first-order valence-corrected chi connectivity index (χ1v) is 12.7. The van der Waals surface area contributed by atoms with Crippen molar-refractivity contribution in [1.82, 2.24) is 0 Å². The van der Waals surface area contributed by atoms with Crippen LogP contribution in [0.5, 0.6) is 0 Å². The number of aryl methyl sites for hydroxylation is 1. The topological polar surface area (TPSA) is 29.3 Å². The smallest absolute Gasteiger partial charge is 0.0453 e. The number of benzene rings is 6. The van der Waals surface area contributed by atoms with Crippen molar-refractivity contribution in [3.05, 3.63) is 145 Å². The molecular weight excluding hydrogens is 448 g/mol. The maximum absolute atomic E-state index is 6.61. The number of fused-ring (bicyclic) bond motifs is 2. The van der Waals surface area contributed by atoms with Gasteiger partial charge < -0.3 is 10.6 Å². The molecule has 0 heterocycles. The zero-order valence-electron chi connectivity index (χ0n) is 21.4. The van der Waals surface area contributed by atoms with Gasteiger partial charge in [0.2, 0.25) is 0 Å². The molecule has 37 heavy (non-hydrogen) atoms. The van der Waals surface area contributed by atoms with Gasteiger partial charge in [0.15, 0.2) is 0 Å². The van der Waals surface area contributed by atoms with Gasteiger partial charge in [0, 0.05) is 36.1 Å². The van der Waals surface area contributed by atoms with Crippen molar-refractivity contribution in [2.45, 2.75) is 13.5 Å². The summed E-state index contributed by atoms with van der Waals surface area (Å²) >= 11 is 0. The molecule has 0 saturated heterocycles. The van der Waals surface area contributed by atoms with Crippen LogP contribution in [0.4, 0.5) is 11.4 Å². The van der Waals surface area contributed by atoms with Crippen LogP contribution >= 0.6 is 0 Å². The van der Waals surface area contributed by atoms with E-state index in [4.69, 9.17) is 5.73 Å². The second-order valence-corrected chi connectivity index (χ2v) is 9.43. The summed E-state index contributed by atoms with van der Waals surface area (Å²) in [4.78, 5) is 2.32. The van der Waals surface area contributed by atoms with Crippen LogP contribution in [0.3, 0.4) is 0 Å². The summed E-state index contributed by atoms with van der Waals surface area (Å²) in [6.07, 6.45) is 0. The zero-order valence-corrected chi connectivity index (χ0v) is 21.4. The summed E-state index contributed by atoms with van der Waals surface area (Å²) in [5, 5.41) is 4.82. The minimum absolute atomic E-state index is 0.805. The highest BCUT2D eigenvalue weighted by Crippen LogP contribution is 2.43. The van der Waals surface area contributed by atoms with Crippen LogP contribution in [0.1, 0.15) is 11.1 Å². The predicted molar refractivity (Wildman–Crippen MR) is 161 cm³/mol. The van der Waals surface area contributed by atoms with Crippen molar-refractivity contribution < 1.29 is 0 Å². The normalized spacial score (nSPS) is 10.6. The van der Waals surface area contributed by atoms with Gasteiger partial charge in [-0.15, -0.1) is 0 Å². The summed E-state index contributed by atoms with van der Waals surface area (Å²) in [5.41, 5.74) is 13.5. The summed E-state index contributed by atoms with van der Waals surface area (Å²) in [5.74, 6) is 0. The van der Waals surface area contributed by atoms with Crippen LogP contribution in [-0.2, 0) is 6.54 Å². The number of anilines is 2. The van der Waals surface area contributed by atoms with Crippen molar-refractivity contribution in [2.24, 2.45) is 0 Å². The maximum Gasteiger partial charge on any atom is 0.0453 e. The number of hydrogen-bond donors (Lipinski definition) is 1. The molecule has 182 valence electrons. The predicted octanol–water partition coefficient (Wildman–Crippen LogP) is 8.87. The number of rotatable bonds is 4. The van der Waals surface area contributed by atoms with Gasteiger partial charge >= 0.3 is 0 Å². The molecule has 0 spiro atoms. The van der Waals surface area contributed by atoms with Crippen molar-refractivity contribution in [3.8, 4) is 11.1 Å². The summed E-state index contributed by atoms with van der Waals surface area (Å²) in [6, 6.07) is 46.4. The second kappa shape index (κ2) is 11.0. The van der Waals surface area contributed by atoms with E-state index in [2.05, 4.69) is 128 Å². The Hall–Kier alpha value is -4.56. The van der Waals surface area contributed by atoms with Gasteiger partial charge in [0.1, 0.15) is 0 Å². The maximum atomic E-state index is 6.61. The summed E-state index contributed by atoms with van der Waals surface area (Å²) in [7, 11) is 2.15. The molecule has 2 N–H and O–H groups in total. The number of nitrogen functional groups attached to an aromatic ring is 1. The van der Waals surface area contributed by atoms with Crippen molar-refractivity contribution in [1.29, 1.82) is 0 Å². The Bertz CT molecular complexity index is 1620. The fraction of sp³-hybridized carbons (Fsp3) is 0.0857. The molecule has 0 saturated carbocycles. The Kier molecular flexibility index (Phi) is 7.19. The van der Waals surface area contributed by atoms with Crippen LogP contribution in [-0.4, -0.2) is 7.05 Å². The SMILES string of the molecule is CN(Cc1ccccc1)c1ccc2ccccc2c1-c1c(N)ccc2ccccc12.Cc1ccccc1. The molecule has 0 aliphatic rings. The zero-order chi connectivity index (χ0) is 25.6. The van der Waals surface area contributed by atoms with Gasteiger partial charge in [-0.2, -0.15) is 0 Å². The molecule has 0 bridgehead atoms. The quantitative estimate of drug-likeness (QED) is 0.255. The molecule has 0 aliphatic heterocycles. The highest BCUT2D eigenvalue weighted by Gasteiger charge is 2.18. The average Bonchev–Trinajstić information content (AvgIpc) is 2.94. The van der Waals surface area contributed by atoms with E-state index in [1.165, 1.54) is 43.9 Å². The molecular formula is C35H32N2. The molecule has 0 aliphatic carbocycles. The van der Waals surface area contributed by atoms with E-state index in [1.807, 2.05) is 24.3 Å². The molecule has 0 amide bonds. The van der Waals surface area contributed by atoms with Gasteiger partial charge in [0.25, 0.3) is 0 Å². The number of nitrogens with two attached hydrogens (primary N) is 1. The summed E-state index contributed by atoms with van der Waals surface area (Å²) in [6.45, 7) is 2.91.